The van der Waals surface area contributed by atoms with E-state index in [1.165, 1.54) is 109 Å². The van der Waals surface area contributed by atoms with Crippen LogP contribution in [-0.4, -0.2) is 0 Å². The zero-order valence-electron chi connectivity index (χ0n) is 41.6. The fourth-order valence-corrected chi connectivity index (χ4v) is 14.3. The number of nitrogens with zero attached hydrogens (tertiary/aromatic N) is 1. The molecule has 13 aromatic rings. The quantitative estimate of drug-likeness (QED) is 0.139. The first-order chi connectivity index (χ1) is 37.7. The molecule has 1 aromatic heterocycles. The zero-order chi connectivity index (χ0) is 50.2. The van der Waals surface area contributed by atoms with Crippen LogP contribution < -0.4 is 4.90 Å². The number of hydrogen-bond donors (Lipinski definition) is 0. The maximum Gasteiger partial charge on any atom is 0.0713 e. The Morgan fingerprint density at radius 1 is 0.237 bits per heavy atom. The van der Waals surface area contributed by atoms with Gasteiger partial charge in [-0.1, -0.05) is 237 Å². The minimum Gasteiger partial charge on any atom is -0.310 e. The second-order valence-electron chi connectivity index (χ2n) is 20.3. The summed E-state index contributed by atoms with van der Waals surface area (Å²) < 4.78 is 2.62. The maximum absolute atomic E-state index is 2.46. The molecule has 0 amide bonds. The van der Waals surface area contributed by atoms with Crippen LogP contribution in [0.4, 0.5) is 17.1 Å². The molecule has 0 saturated heterocycles. The van der Waals surface area contributed by atoms with E-state index in [0.29, 0.717) is 0 Å². The summed E-state index contributed by atoms with van der Waals surface area (Å²) in [6.45, 7) is 0. The molecular formula is C74H49NS. The lowest BCUT2D eigenvalue weighted by Crippen LogP contribution is -2.28. The molecule has 76 heavy (non-hydrogen) atoms. The Labute approximate surface area is 447 Å². The highest BCUT2D eigenvalue weighted by Gasteiger charge is 2.47. The van der Waals surface area contributed by atoms with Crippen molar-refractivity contribution in [3.8, 4) is 44.5 Å². The van der Waals surface area contributed by atoms with Gasteiger partial charge in [0.2, 0.25) is 0 Å². The van der Waals surface area contributed by atoms with Crippen molar-refractivity contribution in [1.29, 1.82) is 0 Å². The first-order valence-electron chi connectivity index (χ1n) is 26.3. The smallest absolute Gasteiger partial charge is 0.0713 e. The Morgan fingerprint density at radius 3 is 1.33 bits per heavy atom. The Kier molecular flexibility index (Phi) is 10.3. The number of benzene rings is 12. The summed E-state index contributed by atoms with van der Waals surface area (Å²) in [5.41, 5.74) is 22.4. The Bertz CT molecular complexity index is 4250. The van der Waals surface area contributed by atoms with Crippen LogP contribution in [0.3, 0.4) is 0 Å². The summed E-state index contributed by atoms with van der Waals surface area (Å²) in [6, 6.07) is 111. The van der Waals surface area contributed by atoms with E-state index in [1.807, 2.05) is 11.3 Å². The second kappa shape index (κ2) is 17.7. The number of anilines is 3. The van der Waals surface area contributed by atoms with Crippen molar-refractivity contribution in [3.63, 3.8) is 0 Å². The Balaban J connectivity index is 0.898. The lowest BCUT2D eigenvalue weighted by Gasteiger charge is -2.34. The van der Waals surface area contributed by atoms with Gasteiger partial charge < -0.3 is 4.90 Å². The van der Waals surface area contributed by atoms with E-state index in [1.54, 1.807) is 0 Å². The molecule has 0 fully saturated rings. The summed E-state index contributed by atoms with van der Waals surface area (Å²) >= 11 is 1.86. The number of thiophene rings is 1. The van der Waals surface area contributed by atoms with Gasteiger partial charge in [-0.05, 0) is 150 Å². The molecular weight excluding hydrogens is 935 g/mol. The van der Waals surface area contributed by atoms with E-state index in [9.17, 15) is 0 Å². The van der Waals surface area contributed by atoms with Crippen molar-refractivity contribution in [1.82, 2.24) is 0 Å². The lowest BCUT2D eigenvalue weighted by atomic mass is 9.67. The third kappa shape index (κ3) is 6.64. The van der Waals surface area contributed by atoms with E-state index in [0.717, 1.165) is 17.1 Å². The average molecular weight is 984 g/mol. The van der Waals surface area contributed by atoms with Gasteiger partial charge in [-0.25, -0.2) is 0 Å². The summed E-state index contributed by atoms with van der Waals surface area (Å²) in [4.78, 5) is 2.45. The predicted molar refractivity (Wildman–Crippen MR) is 319 cm³/mol. The van der Waals surface area contributed by atoms with Crippen molar-refractivity contribution in [2.45, 2.75) is 10.8 Å². The normalized spacial score (nSPS) is 13.5. The van der Waals surface area contributed by atoms with Crippen LogP contribution in [0.1, 0.15) is 44.5 Å². The van der Waals surface area contributed by atoms with Crippen molar-refractivity contribution in [2.75, 3.05) is 4.90 Å². The summed E-state index contributed by atoms with van der Waals surface area (Å²) in [7, 11) is 0. The fraction of sp³-hybridized carbons (Fsp3) is 0.0270. The van der Waals surface area contributed by atoms with Gasteiger partial charge in [0.05, 0.1) is 10.8 Å². The molecule has 0 saturated carbocycles. The Morgan fingerprint density at radius 2 is 0.684 bits per heavy atom. The number of rotatable bonds is 9. The molecule has 0 aliphatic heterocycles. The SMILES string of the molecule is c1ccc(C2(c3ccccc3)c3ccccc3-c3cc(N(c4ccc(-c5ccc6c(c5)C(c5ccccc5)(c5ccccc5)c5ccccc5-6)cc4)c4cccc(-c5ccc6sc7ccccc7c6c5)c4)ccc32)cc1. The highest BCUT2D eigenvalue weighted by atomic mass is 32.1. The van der Waals surface area contributed by atoms with Gasteiger partial charge >= 0.3 is 0 Å². The van der Waals surface area contributed by atoms with Gasteiger partial charge in [0.25, 0.3) is 0 Å². The lowest BCUT2D eigenvalue weighted by molar-refractivity contribution is 0.768. The molecule has 0 unspecified atom stereocenters. The largest absolute Gasteiger partial charge is 0.310 e. The summed E-state index contributed by atoms with van der Waals surface area (Å²) in [5.74, 6) is 0. The van der Waals surface area contributed by atoms with Gasteiger partial charge in [0.1, 0.15) is 0 Å². The molecule has 0 atom stereocenters. The second-order valence-corrected chi connectivity index (χ2v) is 21.4. The molecule has 0 radical (unpaired) electrons. The Hall–Kier alpha value is -9.34. The van der Waals surface area contributed by atoms with Crippen LogP contribution in [0.5, 0.6) is 0 Å². The molecule has 0 N–H and O–H groups in total. The van der Waals surface area contributed by atoms with Crippen LogP contribution in [0, 0.1) is 0 Å². The van der Waals surface area contributed by atoms with Crippen molar-refractivity contribution < 1.29 is 0 Å². The average Bonchev–Trinajstić information content (AvgIpc) is 4.32. The van der Waals surface area contributed by atoms with E-state index < -0.39 is 10.8 Å². The first kappa shape index (κ1) is 44.2. The molecule has 0 bridgehead atoms. The van der Waals surface area contributed by atoms with Crippen LogP contribution in [0.15, 0.2) is 297 Å². The van der Waals surface area contributed by atoms with Gasteiger partial charge in [0, 0.05) is 37.2 Å². The number of hydrogen-bond acceptors (Lipinski definition) is 2. The summed E-state index contributed by atoms with van der Waals surface area (Å²) in [5, 5.41) is 2.61. The van der Waals surface area contributed by atoms with Gasteiger partial charge in [0.15, 0.2) is 0 Å². The van der Waals surface area contributed by atoms with Crippen LogP contribution in [0.25, 0.3) is 64.7 Å². The van der Waals surface area contributed by atoms with Crippen LogP contribution >= 0.6 is 11.3 Å². The molecule has 2 aliphatic rings. The van der Waals surface area contributed by atoms with E-state index in [-0.39, 0.29) is 0 Å². The molecule has 0 spiro atoms. The molecule has 2 aliphatic carbocycles. The minimum atomic E-state index is -0.486. The van der Waals surface area contributed by atoms with E-state index >= 15 is 0 Å². The standard InChI is InChI=1S/C74H49NS/c1-5-21-54(22-6-1)73(55-23-7-2-8-24-55)68-34-17-14-31-62(68)65-49-60(42-44-69(65)73)75(59-29-19-20-51(46-59)52-39-45-72-66(47-52)64-32-15-18-35-71(64)76-72)58-40-36-50(37-41-58)53-38-43-63-61-30-13-16-33-67(61)74(70(63)48-53,56-25-9-3-10-26-56)57-27-11-4-12-28-57/h1-49H. The van der Waals surface area contributed by atoms with Gasteiger partial charge in [-0.15, -0.1) is 11.3 Å². The van der Waals surface area contributed by atoms with E-state index in [2.05, 4.69) is 302 Å². The molecule has 2 heteroatoms. The molecule has 1 nitrogen and oxygen atoms in total. The van der Waals surface area contributed by atoms with Crippen LogP contribution in [0.2, 0.25) is 0 Å². The predicted octanol–water partition coefficient (Wildman–Crippen LogP) is 19.6. The highest BCUT2D eigenvalue weighted by Crippen LogP contribution is 2.59. The maximum atomic E-state index is 2.46. The monoisotopic (exact) mass is 983 g/mol. The molecule has 1 heterocycles. The van der Waals surface area contributed by atoms with Crippen molar-refractivity contribution in [2.24, 2.45) is 0 Å². The minimum absolute atomic E-state index is 0.474. The van der Waals surface area contributed by atoms with Crippen molar-refractivity contribution >= 4 is 48.6 Å². The van der Waals surface area contributed by atoms with Crippen molar-refractivity contribution in [3.05, 3.63) is 342 Å². The molecule has 12 aromatic carbocycles. The third-order valence-corrected chi connectivity index (χ3v) is 17.6. The fourth-order valence-electron chi connectivity index (χ4n) is 13.2. The zero-order valence-corrected chi connectivity index (χ0v) is 42.5. The molecule has 356 valence electrons. The van der Waals surface area contributed by atoms with Gasteiger partial charge in [-0.2, -0.15) is 0 Å². The molecule has 15 rings (SSSR count). The van der Waals surface area contributed by atoms with Crippen LogP contribution in [-0.2, 0) is 10.8 Å². The van der Waals surface area contributed by atoms with E-state index in [4.69, 9.17) is 0 Å². The summed E-state index contributed by atoms with van der Waals surface area (Å²) in [6.07, 6.45) is 0. The third-order valence-electron chi connectivity index (χ3n) is 16.4. The van der Waals surface area contributed by atoms with Gasteiger partial charge in [-0.3, -0.25) is 0 Å². The number of fused-ring (bicyclic) bond motifs is 9. The highest BCUT2D eigenvalue weighted by molar-refractivity contribution is 7.25. The topological polar surface area (TPSA) is 3.24 Å². The first-order valence-corrected chi connectivity index (χ1v) is 27.1.